The van der Waals surface area contributed by atoms with Crippen LogP contribution in [0.5, 0.6) is 0 Å². The number of fused-ring (bicyclic) bond motifs is 1. The summed E-state index contributed by atoms with van der Waals surface area (Å²) in [6, 6.07) is -0.349. The number of amides is 1. The van der Waals surface area contributed by atoms with Crippen LogP contribution in [0, 0.1) is 0 Å². The van der Waals surface area contributed by atoms with E-state index in [0.717, 1.165) is 0 Å². The van der Waals surface area contributed by atoms with Crippen LogP contribution in [0.2, 0.25) is 0 Å². The fourth-order valence-corrected chi connectivity index (χ4v) is 3.67. The minimum absolute atomic E-state index is 0.00454. The highest BCUT2D eigenvalue weighted by Gasteiger charge is 2.50. The Morgan fingerprint density at radius 1 is 1.43 bits per heavy atom. The molecule has 1 unspecified atom stereocenters. The van der Waals surface area contributed by atoms with Gasteiger partial charge in [0.2, 0.25) is 0 Å². The molecule has 2 aliphatic heterocycles. The third-order valence-corrected chi connectivity index (χ3v) is 4.96. The number of rotatable bonds is 4. The van der Waals surface area contributed by atoms with Gasteiger partial charge >= 0.3 is 6.09 Å². The van der Waals surface area contributed by atoms with Gasteiger partial charge in [-0.25, -0.2) is 4.79 Å². The molecule has 6 atom stereocenters. The van der Waals surface area contributed by atoms with E-state index in [1.165, 1.54) is 11.8 Å². The second-order valence-electron chi connectivity index (χ2n) is 5.30. The van der Waals surface area contributed by atoms with Crippen molar-refractivity contribution in [3.05, 3.63) is 0 Å². The van der Waals surface area contributed by atoms with Crippen molar-refractivity contribution in [2.45, 2.75) is 42.2 Å². The summed E-state index contributed by atoms with van der Waals surface area (Å²) in [6.07, 6.45) is -3.37. The number of aliphatic hydroxyl groups excluding tert-OH is 2. The lowest BCUT2D eigenvalue weighted by Crippen LogP contribution is -2.60. The van der Waals surface area contributed by atoms with Gasteiger partial charge in [-0.1, -0.05) is 11.8 Å². The zero-order valence-corrected chi connectivity index (χ0v) is 13.2. The van der Waals surface area contributed by atoms with Crippen molar-refractivity contribution in [3.63, 3.8) is 0 Å². The number of alkyl carbamates (subject to hydrolysis) is 1. The maximum absolute atomic E-state index is 11.3. The molecular formula is C12H23N3O5S. The Morgan fingerprint density at radius 2 is 2.14 bits per heavy atom. The van der Waals surface area contributed by atoms with Crippen LogP contribution in [-0.4, -0.2) is 83.7 Å². The number of thioether (sulfide) groups is 1. The monoisotopic (exact) mass is 321 g/mol. The topological polar surface area (TPSA) is 103 Å². The van der Waals surface area contributed by atoms with Crippen molar-refractivity contribution in [1.29, 1.82) is 0 Å². The van der Waals surface area contributed by atoms with E-state index in [1.807, 2.05) is 19.0 Å². The van der Waals surface area contributed by atoms with E-state index in [-0.39, 0.29) is 23.6 Å². The average Bonchev–Trinajstić information content (AvgIpc) is 2.86. The summed E-state index contributed by atoms with van der Waals surface area (Å²) in [5, 5.41) is 26.0. The Morgan fingerprint density at radius 3 is 2.76 bits per heavy atom. The normalized spacial score (nSPS) is 39.1. The van der Waals surface area contributed by atoms with E-state index in [0.29, 0.717) is 6.54 Å². The molecule has 2 heterocycles. The molecule has 8 nitrogen and oxygen atoms in total. The Balaban J connectivity index is 1.92. The third kappa shape index (κ3) is 3.79. The van der Waals surface area contributed by atoms with E-state index < -0.39 is 24.4 Å². The first-order valence-corrected chi connectivity index (χ1v) is 7.88. The van der Waals surface area contributed by atoms with Crippen molar-refractivity contribution >= 4 is 17.9 Å². The van der Waals surface area contributed by atoms with Crippen LogP contribution >= 0.6 is 11.8 Å². The second-order valence-corrected chi connectivity index (χ2v) is 6.48. The van der Waals surface area contributed by atoms with E-state index in [4.69, 9.17) is 9.47 Å². The number of ether oxygens (including phenoxy) is 2. The summed E-state index contributed by atoms with van der Waals surface area (Å²) in [7, 11) is 3.83. The number of hydrogen-bond acceptors (Lipinski definition) is 8. The molecule has 2 fully saturated rings. The first-order chi connectivity index (χ1) is 9.93. The predicted molar refractivity (Wildman–Crippen MR) is 77.7 cm³/mol. The van der Waals surface area contributed by atoms with Gasteiger partial charge in [0.1, 0.15) is 35.9 Å². The van der Waals surface area contributed by atoms with Crippen LogP contribution in [0.1, 0.15) is 6.92 Å². The summed E-state index contributed by atoms with van der Waals surface area (Å²) in [4.78, 5) is 13.2. The number of nitrogens with one attached hydrogen (secondary N) is 2. The van der Waals surface area contributed by atoms with E-state index in [2.05, 4.69) is 10.6 Å². The van der Waals surface area contributed by atoms with Gasteiger partial charge in [0, 0.05) is 6.54 Å². The van der Waals surface area contributed by atoms with Gasteiger partial charge in [-0.2, -0.15) is 0 Å². The lowest BCUT2D eigenvalue weighted by molar-refractivity contribution is -0.169. The maximum atomic E-state index is 11.3. The first kappa shape index (κ1) is 16.8. The van der Waals surface area contributed by atoms with Crippen LogP contribution in [-0.2, 0) is 9.47 Å². The Bertz CT molecular complexity index is 373. The lowest BCUT2D eigenvalue weighted by Gasteiger charge is -2.38. The standard InChI is InChI=1S/C12H23N3O5S/c1-4-13-12(18)19-5-6-8(16)9(17)7-10(20-6)21-11(14-7)15(2)3/h6-11,14,16-17H,4-5H2,1-3H3,(H,13,18)/t6-,7-,8-,9-,10-,11?/m1/s1. The summed E-state index contributed by atoms with van der Waals surface area (Å²) in [5.41, 5.74) is -0.288. The van der Waals surface area contributed by atoms with Gasteiger partial charge in [-0.3, -0.25) is 10.2 Å². The molecule has 1 amide bonds. The van der Waals surface area contributed by atoms with Crippen LogP contribution in [0.4, 0.5) is 4.79 Å². The molecule has 9 heteroatoms. The van der Waals surface area contributed by atoms with E-state index in [9.17, 15) is 15.0 Å². The molecule has 0 saturated carbocycles. The number of nitrogens with zero attached hydrogens (tertiary/aromatic N) is 1. The number of hydrogen-bond donors (Lipinski definition) is 4. The maximum Gasteiger partial charge on any atom is 0.407 e. The molecule has 0 aromatic heterocycles. The zero-order chi connectivity index (χ0) is 15.6. The number of carbonyl (C=O) groups excluding carboxylic acids is 1. The molecule has 0 bridgehead atoms. The summed E-state index contributed by atoms with van der Waals surface area (Å²) in [6.45, 7) is 2.15. The summed E-state index contributed by atoms with van der Waals surface area (Å²) in [5.74, 6) is 0. The van der Waals surface area contributed by atoms with E-state index in [1.54, 1.807) is 6.92 Å². The van der Waals surface area contributed by atoms with Gasteiger partial charge in [0.05, 0.1) is 6.04 Å². The Labute approximate surface area is 128 Å². The van der Waals surface area contributed by atoms with Crippen LogP contribution in [0.25, 0.3) is 0 Å². The molecule has 0 aliphatic carbocycles. The fraction of sp³-hybridized carbons (Fsp3) is 0.917. The highest BCUT2D eigenvalue weighted by atomic mass is 32.2. The smallest absolute Gasteiger partial charge is 0.407 e. The van der Waals surface area contributed by atoms with Crippen molar-refractivity contribution in [2.75, 3.05) is 27.2 Å². The van der Waals surface area contributed by atoms with Crippen LogP contribution in [0.3, 0.4) is 0 Å². The van der Waals surface area contributed by atoms with Crippen LogP contribution in [0.15, 0.2) is 0 Å². The van der Waals surface area contributed by atoms with Crippen molar-refractivity contribution < 1.29 is 24.5 Å². The first-order valence-electron chi connectivity index (χ1n) is 6.94. The van der Waals surface area contributed by atoms with Gasteiger partial charge in [-0.05, 0) is 21.0 Å². The Kier molecular flexibility index (Phi) is 5.69. The van der Waals surface area contributed by atoms with Gasteiger partial charge in [-0.15, -0.1) is 0 Å². The molecule has 2 saturated heterocycles. The summed E-state index contributed by atoms with van der Waals surface area (Å²) < 4.78 is 10.7. The van der Waals surface area contributed by atoms with Crippen molar-refractivity contribution in [3.8, 4) is 0 Å². The number of aliphatic hydroxyl groups is 2. The largest absolute Gasteiger partial charge is 0.447 e. The van der Waals surface area contributed by atoms with Crippen LogP contribution < -0.4 is 10.6 Å². The summed E-state index contributed by atoms with van der Waals surface area (Å²) >= 11 is 1.52. The highest BCUT2D eigenvalue weighted by molar-refractivity contribution is 8.00. The average molecular weight is 321 g/mol. The zero-order valence-electron chi connectivity index (χ0n) is 12.4. The molecule has 0 aromatic carbocycles. The molecule has 4 N–H and O–H groups in total. The van der Waals surface area contributed by atoms with Gasteiger partial charge in [0.25, 0.3) is 0 Å². The molecule has 122 valence electrons. The molecule has 0 radical (unpaired) electrons. The molecule has 2 rings (SSSR count). The molecule has 0 aromatic rings. The highest BCUT2D eigenvalue weighted by Crippen LogP contribution is 2.36. The van der Waals surface area contributed by atoms with Crippen molar-refractivity contribution in [2.24, 2.45) is 0 Å². The molecular weight excluding hydrogens is 298 g/mol. The predicted octanol–water partition coefficient (Wildman–Crippen LogP) is -1.27. The molecule has 2 aliphatic rings. The third-order valence-electron chi connectivity index (χ3n) is 3.47. The quantitative estimate of drug-likeness (QED) is 0.508. The fourth-order valence-electron chi connectivity index (χ4n) is 2.32. The van der Waals surface area contributed by atoms with Gasteiger partial charge in [0.15, 0.2) is 0 Å². The Hall–Kier alpha value is -0.580. The SMILES string of the molecule is CCNC(=O)OC[C@H]1O[C@@H]2SC(N(C)C)N[C@@H]2[C@@H](O)[C@@H]1O. The van der Waals surface area contributed by atoms with E-state index >= 15 is 0 Å². The minimum atomic E-state index is -1.10. The van der Waals surface area contributed by atoms with Gasteiger partial charge < -0.3 is 25.0 Å². The number of carbonyl (C=O) groups is 1. The second kappa shape index (κ2) is 7.12. The molecule has 0 spiro atoms. The molecule has 21 heavy (non-hydrogen) atoms. The minimum Gasteiger partial charge on any atom is -0.447 e. The van der Waals surface area contributed by atoms with Crippen molar-refractivity contribution in [1.82, 2.24) is 15.5 Å². The lowest BCUT2D eigenvalue weighted by atomic mass is 9.98.